The Hall–Kier alpha value is -3.03. The van der Waals surface area contributed by atoms with Gasteiger partial charge in [-0.15, -0.1) is 0 Å². The van der Waals surface area contributed by atoms with E-state index >= 15 is 0 Å². The topological polar surface area (TPSA) is 75.7 Å². The van der Waals surface area contributed by atoms with Gasteiger partial charge in [0.2, 0.25) is 5.91 Å². The molecule has 3 rings (SSSR count). The van der Waals surface area contributed by atoms with Gasteiger partial charge >= 0.3 is 0 Å². The fraction of sp³-hybridized carbons (Fsp3) is 0.269. The third-order valence-electron chi connectivity index (χ3n) is 5.73. The number of carbonyl (C=O) groups is 1. The van der Waals surface area contributed by atoms with Gasteiger partial charge in [0.05, 0.1) is 23.7 Å². The molecule has 0 aliphatic heterocycles. The van der Waals surface area contributed by atoms with Gasteiger partial charge in [0.15, 0.2) is 0 Å². The van der Waals surface area contributed by atoms with Crippen molar-refractivity contribution in [1.29, 1.82) is 0 Å². The first-order chi connectivity index (χ1) is 16.1. The summed E-state index contributed by atoms with van der Waals surface area (Å²) in [5.41, 5.74) is 3.29. The molecule has 3 aromatic carbocycles. The number of rotatable bonds is 9. The Bertz CT molecular complexity index is 1240. The number of hydrogen-bond donors (Lipinski definition) is 1. The van der Waals surface area contributed by atoms with Gasteiger partial charge in [0.25, 0.3) is 10.0 Å². The molecule has 0 heterocycles. The standard InChI is InChI=1S/C26H29ClN2O4S/c1-5-25(20-7-12-23(33-4)13-8-20)28-26(30)17-29(22-11-6-18(2)19(3)16-22)34(31,32)24-14-9-21(27)10-15-24/h6-16,25H,5,17H2,1-4H3,(H,28,30). The molecule has 0 radical (unpaired) electrons. The Morgan fingerprint density at radius 2 is 1.65 bits per heavy atom. The summed E-state index contributed by atoms with van der Waals surface area (Å²) >= 11 is 5.95. The lowest BCUT2D eigenvalue weighted by Gasteiger charge is -2.26. The molecule has 1 N–H and O–H groups in total. The fourth-order valence-corrected chi connectivity index (χ4v) is 5.10. The first kappa shape index (κ1) is 25.6. The smallest absolute Gasteiger partial charge is 0.264 e. The Balaban J connectivity index is 1.91. The summed E-state index contributed by atoms with van der Waals surface area (Å²) in [7, 11) is -2.42. The maximum absolute atomic E-state index is 13.6. The summed E-state index contributed by atoms with van der Waals surface area (Å²) in [6.07, 6.45) is 0.644. The molecule has 0 aliphatic carbocycles. The molecule has 1 atom stereocenters. The lowest BCUT2D eigenvalue weighted by molar-refractivity contribution is -0.120. The van der Waals surface area contributed by atoms with Crippen LogP contribution in [0.15, 0.2) is 71.6 Å². The van der Waals surface area contributed by atoms with E-state index in [-0.39, 0.29) is 17.5 Å². The number of aryl methyl sites for hydroxylation is 2. The van der Waals surface area contributed by atoms with Crippen molar-refractivity contribution < 1.29 is 17.9 Å². The van der Waals surface area contributed by atoms with Crippen molar-refractivity contribution in [2.45, 2.75) is 38.1 Å². The zero-order chi connectivity index (χ0) is 24.9. The predicted molar refractivity (Wildman–Crippen MR) is 136 cm³/mol. The van der Waals surface area contributed by atoms with Crippen molar-refractivity contribution in [3.63, 3.8) is 0 Å². The molecular weight excluding hydrogens is 472 g/mol. The lowest BCUT2D eigenvalue weighted by atomic mass is 10.0. The number of amides is 1. The molecule has 34 heavy (non-hydrogen) atoms. The summed E-state index contributed by atoms with van der Waals surface area (Å²) in [5, 5.41) is 3.40. The van der Waals surface area contributed by atoms with Crippen LogP contribution in [0.5, 0.6) is 5.75 Å². The Labute approximate surface area is 206 Å². The maximum atomic E-state index is 13.6. The number of anilines is 1. The molecule has 0 saturated heterocycles. The van der Waals surface area contributed by atoms with Crippen LogP contribution < -0.4 is 14.4 Å². The highest BCUT2D eigenvalue weighted by Gasteiger charge is 2.28. The normalized spacial score (nSPS) is 12.1. The van der Waals surface area contributed by atoms with Gasteiger partial charge in [-0.05, 0) is 85.5 Å². The second-order valence-electron chi connectivity index (χ2n) is 8.04. The van der Waals surface area contributed by atoms with Crippen LogP contribution >= 0.6 is 11.6 Å². The monoisotopic (exact) mass is 500 g/mol. The summed E-state index contributed by atoms with van der Waals surface area (Å²) in [6.45, 7) is 5.45. The van der Waals surface area contributed by atoms with Gasteiger partial charge in [0, 0.05) is 5.02 Å². The average molecular weight is 501 g/mol. The van der Waals surface area contributed by atoms with Crippen molar-refractivity contribution in [2.75, 3.05) is 18.0 Å². The second kappa shape index (κ2) is 10.9. The first-order valence-corrected chi connectivity index (χ1v) is 12.8. The van der Waals surface area contributed by atoms with E-state index in [1.807, 2.05) is 51.1 Å². The van der Waals surface area contributed by atoms with Crippen LogP contribution in [0.4, 0.5) is 5.69 Å². The minimum Gasteiger partial charge on any atom is -0.497 e. The van der Waals surface area contributed by atoms with Crippen molar-refractivity contribution in [2.24, 2.45) is 0 Å². The van der Waals surface area contributed by atoms with Crippen LogP contribution in [0.2, 0.25) is 5.02 Å². The van der Waals surface area contributed by atoms with E-state index in [0.717, 1.165) is 26.7 Å². The van der Waals surface area contributed by atoms with Crippen LogP contribution in [0.3, 0.4) is 0 Å². The maximum Gasteiger partial charge on any atom is 0.264 e. The van der Waals surface area contributed by atoms with E-state index < -0.39 is 15.9 Å². The molecule has 0 spiro atoms. The van der Waals surface area contributed by atoms with E-state index in [9.17, 15) is 13.2 Å². The highest BCUT2D eigenvalue weighted by Crippen LogP contribution is 2.27. The van der Waals surface area contributed by atoms with Crippen LogP contribution in [-0.2, 0) is 14.8 Å². The van der Waals surface area contributed by atoms with Gasteiger partial charge in [-0.1, -0.05) is 36.7 Å². The Kier molecular flexibility index (Phi) is 8.23. The van der Waals surface area contributed by atoms with Gasteiger partial charge in [-0.2, -0.15) is 0 Å². The van der Waals surface area contributed by atoms with Crippen LogP contribution in [-0.4, -0.2) is 28.0 Å². The third kappa shape index (κ3) is 5.90. The third-order valence-corrected chi connectivity index (χ3v) is 7.77. The van der Waals surface area contributed by atoms with Crippen LogP contribution in [0.1, 0.15) is 36.1 Å². The van der Waals surface area contributed by atoms with Crippen molar-refractivity contribution in [3.05, 3.63) is 88.4 Å². The lowest BCUT2D eigenvalue weighted by Crippen LogP contribution is -2.42. The van der Waals surface area contributed by atoms with Gasteiger partial charge in [-0.25, -0.2) is 8.42 Å². The minimum atomic E-state index is -4.01. The fourth-order valence-electron chi connectivity index (χ4n) is 3.56. The number of sulfonamides is 1. The molecule has 0 aliphatic rings. The number of nitrogens with zero attached hydrogens (tertiary/aromatic N) is 1. The summed E-state index contributed by atoms with van der Waals surface area (Å²) in [4.78, 5) is 13.2. The molecule has 1 amide bonds. The first-order valence-electron chi connectivity index (χ1n) is 10.9. The van der Waals surface area contributed by atoms with E-state index in [0.29, 0.717) is 17.1 Å². The summed E-state index contributed by atoms with van der Waals surface area (Å²) < 4.78 is 33.5. The number of benzene rings is 3. The molecule has 1 unspecified atom stereocenters. The molecule has 3 aromatic rings. The number of hydrogen-bond acceptors (Lipinski definition) is 4. The molecule has 8 heteroatoms. The second-order valence-corrected chi connectivity index (χ2v) is 10.3. The number of carbonyl (C=O) groups excluding carboxylic acids is 1. The number of nitrogens with one attached hydrogen (secondary N) is 1. The van der Waals surface area contributed by atoms with Gasteiger partial charge in [0.1, 0.15) is 12.3 Å². The van der Waals surface area contributed by atoms with Gasteiger partial charge in [-0.3, -0.25) is 9.10 Å². The predicted octanol–water partition coefficient (Wildman–Crippen LogP) is 5.43. The Morgan fingerprint density at radius 3 is 2.21 bits per heavy atom. The highest BCUT2D eigenvalue weighted by molar-refractivity contribution is 7.92. The van der Waals surface area contributed by atoms with Crippen LogP contribution in [0.25, 0.3) is 0 Å². The van der Waals surface area contributed by atoms with Crippen molar-refractivity contribution in [3.8, 4) is 5.75 Å². The zero-order valence-electron chi connectivity index (χ0n) is 19.7. The molecule has 180 valence electrons. The summed E-state index contributed by atoms with van der Waals surface area (Å²) in [6, 6.07) is 18.4. The van der Waals surface area contributed by atoms with Gasteiger partial charge < -0.3 is 10.1 Å². The Morgan fingerprint density at radius 1 is 1.00 bits per heavy atom. The number of methoxy groups -OCH3 is 1. The van der Waals surface area contributed by atoms with E-state index in [1.54, 1.807) is 19.2 Å². The highest BCUT2D eigenvalue weighted by atomic mass is 35.5. The molecule has 0 bridgehead atoms. The molecular formula is C26H29ClN2O4S. The molecule has 6 nitrogen and oxygen atoms in total. The summed E-state index contributed by atoms with van der Waals surface area (Å²) in [5.74, 6) is 0.318. The zero-order valence-corrected chi connectivity index (χ0v) is 21.3. The molecule has 0 saturated carbocycles. The average Bonchev–Trinajstić information content (AvgIpc) is 2.83. The largest absolute Gasteiger partial charge is 0.497 e. The minimum absolute atomic E-state index is 0.0603. The van der Waals surface area contributed by atoms with E-state index in [1.165, 1.54) is 24.3 Å². The SMILES string of the molecule is CCC(NC(=O)CN(c1ccc(C)c(C)c1)S(=O)(=O)c1ccc(Cl)cc1)c1ccc(OC)cc1. The van der Waals surface area contributed by atoms with Crippen LogP contribution in [0, 0.1) is 13.8 Å². The number of ether oxygens (including phenoxy) is 1. The van der Waals surface area contributed by atoms with Crippen molar-refractivity contribution in [1.82, 2.24) is 5.32 Å². The number of halogens is 1. The molecule has 0 fully saturated rings. The van der Waals surface area contributed by atoms with E-state index in [2.05, 4.69) is 5.32 Å². The molecule has 0 aromatic heterocycles. The quantitative estimate of drug-likeness (QED) is 0.425. The van der Waals surface area contributed by atoms with E-state index in [4.69, 9.17) is 16.3 Å². The van der Waals surface area contributed by atoms with Crippen molar-refractivity contribution >= 4 is 33.2 Å².